The molecule has 0 radical (unpaired) electrons. The van der Waals surface area contributed by atoms with Crippen LogP contribution in [0.25, 0.3) is 33.0 Å². The van der Waals surface area contributed by atoms with Crippen LogP contribution in [0.1, 0.15) is 81.5 Å². The maximum absolute atomic E-state index is 2.87. The zero-order chi connectivity index (χ0) is 35.3. The molecule has 0 saturated carbocycles. The van der Waals surface area contributed by atoms with Crippen LogP contribution < -0.4 is 0 Å². The van der Waals surface area contributed by atoms with E-state index < -0.39 is 0 Å². The van der Waals surface area contributed by atoms with E-state index in [1.54, 1.807) is 11.1 Å². The van der Waals surface area contributed by atoms with Gasteiger partial charge in [-0.1, -0.05) is 135 Å². The fraction of sp³-hybridized carbons (Fsp3) is 0.333. The first kappa shape index (κ1) is 31.8. The van der Waals surface area contributed by atoms with Gasteiger partial charge in [-0.3, -0.25) is 4.90 Å². The highest BCUT2D eigenvalue weighted by atomic mass is 15.2. The zero-order valence-corrected chi connectivity index (χ0v) is 31.2. The summed E-state index contributed by atoms with van der Waals surface area (Å²) in [4.78, 5) is 2.87. The molecule has 7 aliphatic rings. The molecule has 53 heavy (non-hydrogen) atoms. The Hall–Kier alpha value is -4.66. The van der Waals surface area contributed by atoms with Gasteiger partial charge in [0.05, 0.1) is 0 Å². The maximum Gasteiger partial charge on any atom is 0.0494 e. The van der Waals surface area contributed by atoms with Crippen LogP contribution in [0.15, 0.2) is 151 Å². The number of nitrogens with zero attached hydrogens (tertiary/aromatic N) is 2. The molecule has 264 valence electrons. The zero-order valence-electron chi connectivity index (χ0n) is 31.2. The molecule has 11 rings (SSSR count). The summed E-state index contributed by atoms with van der Waals surface area (Å²) in [5.41, 5.74) is 13.4. The number of hydrogen-bond acceptors (Lipinski definition) is 1. The van der Waals surface area contributed by atoms with Crippen molar-refractivity contribution >= 4 is 33.0 Å². The molecule has 0 spiro atoms. The van der Waals surface area contributed by atoms with Crippen molar-refractivity contribution in [3.05, 3.63) is 167 Å². The van der Waals surface area contributed by atoms with Crippen LogP contribution >= 0.6 is 0 Å². The van der Waals surface area contributed by atoms with Crippen LogP contribution in [0.4, 0.5) is 0 Å². The van der Waals surface area contributed by atoms with Crippen molar-refractivity contribution in [3.8, 4) is 0 Å². The van der Waals surface area contributed by atoms with Crippen LogP contribution in [0.5, 0.6) is 0 Å². The van der Waals surface area contributed by atoms with E-state index in [-0.39, 0.29) is 5.41 Å². The Balaban J connectivity index is 0.851. The van der Waals surface area contributed by atoms with Crippen LogP contribution in [-0.4, -0.2) is 27.6 Å². The summed E-state index contributed by atoms with van der Waals surface area (Å²) in [5, 5.41) is 2.81. The molecular formula is C51H50N2. The van der Waals surface area contributed by atoms with E-state index in [2.05, 4.69) is 163 Å². The van der Waals surface area contributed by atoms with Crippen molar-refractivity contribution in [2.24, 2.45) is 17.8 Å². The minimum absolute atomic E-state index is 0.0767. The molecule has 1 aliphatic heterocycles. The van der Waals surface area contributed by atoms with Gasteiger partial charge in [-0.2, -0.15) is 0 Å². The van der Waals surface area contributed by atoms with Gasteiger partial charge in [0, 0.05) is 63.2 Å². The number of likely N-dealkylation sites (tertiary alicyclic amines) is 1. The first-order valence-electron chi connectivity index (χ1n) is 20.5. The van der Waals surface area contributed by atoms with Gasteiger partial charge in [0.2, 0.25) is 0 Å². The lowest BCUT2D eigenvalue weighted by molar-refractivity contribution is 0.193. The largest absolute Gasteiger partial charge is 0.337 e. The van der Waals surface area contributed by atoms with Gasteiger partial charge in [-0.05, 0) is 108 Å². The summed E-state index contributed by atoms with van der Waals surface area (Å²) < 4.78 is 2.64. The Kier molecular flexibility index (Phi) is 7.32. The normalized spacial score (nSPS) is 31.1. The van der Waals surface area contributed by atoms with E-state index in [1.807, 2.05) is 0 Å². The highest BCUT2D eigenvalue weighted by Crippen LogP contribution is 2.53. The topological polar surface area (TPSA) is 8.17 Å². The smallest absolute Gasteiger partial charge is 0.0494 e. The predicted octanol–water partition coefficient (Wildman–Crippen LogP) is 12.2. The number of aromatic nitrogens is 1. The Morgan fingerprint density at radius 3 is 2.47 bits per heavy atom. The average Bonchev–Trinajstić information content (AvgIpc) is 3.81. The summed E-state index contributed by atoms with van der Waals surface area (Å²) >= 11 is 0. The van der Waals surface area contributed by atoms with Crippen molar-refractivity contribution in [1.82, 2.24) is 9.47 Å². The number of rotatable bonds is 4. The number of para-hydroxylation sites is 1. The number of hydrogen-bond donors (Lipinski definition) is 0. The molecule has 6 aliphatic carbocycles. The van der Waals surface area contributed by atoms with Crippen molar-refractivity contribution in [2.75, 3.05) is 0 Å². The average molecular weight is 691 g/mol. The summed E-state index contributed by atoms with van der Waals surface area (Å²) in [6.07, 6.45) is 37.9. The predicted molar refractivity (Wildman–Crippen MR) is 223 cm³/mol. The van der Waals surface area contributed by atoms with E-state index in [1.165, 1.54) is 68.9 Å². The summed E-state index contributed by atoms with van der Waals surface area (Å²) in [7, 11) is 0. The summed E-state index contributed by atoms with van der Waals surface area (Å²) in [5.74, 6) is 1.63. The lowest BCUT2D eigenvalue weighted by Gasteiger charge is -2.38. The first-order chi connectivity index (χ1) is 26.0. The molecule has 4 aromatic rings. The molecule has 1 fully saturated rings. The third-order valence-corrected chi connectivity index (χ3v) is 14.3. The molecule has 0 amide bonds. The quantitative estimate of drug-likeness (QED) is 0.194. The molecule has 1 aromatic heterocycles. The highest BCUT2D eigenvalue weighted by molar-refractivity contribution is 6.09. The SMILES string of the molecule is CC1(C)C2=C(CC(N3C4C=CC=CC4C4C=C(C5CC=C(c6ccc7c(c6)c6ccccc6n7C6CC=CCC6)CC5)C=CC43)C=C2)c2ccccc21. The van der Waals surface area contributed by atoms with Gasteiger partial charge in [0.15, 0.2) is 0 Å². The minimum atomic E-state index is 0.0767. The molecule has 7 atom stereocenters. The summed E-state index contributed by atoms with van der Waals surface area (Å²) in [6, 6.07) is 27.4. The fourth-order valence-electron chi connectivity index (χ4n) is 11.7. The number of benzene rings is 3. The Morgan fingerprint density at radius 2 is 1.58 bits per heavy atom. The molecule has 2 heterocycles. The van der Waals surface area contributed by atoms with Crippen molar-refractivity contribution in [3.63, 3.8) is 0 Å². The molecule has 2 nitrogen and oxygen atoms in total. The van der Waals surface area contributed by atoms with Gasteiger partial charge in [0.25, 0.3) is 0 Å². The van der Waals surface area contributed by atoms with Gasteiger partial charge in [0.1, 0.15) is 0 Å². The first-order valence-corrected chi connectivity index (χ1v) is 20.5. The van der Waals surface area contributed by atoms with E-state index in [9.17, 15) is 0 Å². The highest BCUT2D eigenvalue weighted by Gasteiger charge is 2.50. The molecule has 7 unspecified atom stereocenters. The second-order valence-corrected chi connectivity index (χ2v) is 17.3. The Morgan fingerprint density at radius 1 is 0.736 bits per heavy atom. The standard InChI is InChI=1S/C51H50N2/c1-51(2)45-17-9-6-14-39(45)42-32-38(26-27-46(42)51)53-48-19-11-8-16-41(48)44-31-36(25-29-50(44)53)34-22-20-33(21-23-34)35-24-28-49-43(30-35)40-15-7-10-18-47(40)52(49)37-12-4-3-5-13-37/h3-4,6-11,14-20,24-31,34,37-38,41,44,48,50H,5,12-13,21-23,32H2,1-2H3. The van der Waals surface area contributed by atoms with Crippen molar-refractivity contribution < 1.29 is 0 Å². The second-order valence-electron chi connectivity index (χ2n) is 17.3. The van der Waals surface area contributed by atoms with Crippen molar-refractivity contribution in [2.45, 2.75) is 88.4 Å². The van der Waals surface area contributed by atoms with E-state index >= 15 is 0 Å². The monoisotopic (exact) mass is 690 g/mol. The van der Waals surface area contributed by atoms with E-state index in [4.69, 9.17) is 0 Å². The fourth-order valence-corrected chi connectivity index (χ4v) is 11.7. The van der Waals surface area contributed by atoms with Crippen LogP contribution in [-0.2, 0) is 5.41 Å². The molecule has 2 heteroatoms. The maximum atomic E-state index is 2.87. The lowest BCUT2D eigenvalue weighted by Crippen LogP contribution is -2.44. The van der Waals surface area contributed by atoms with Gasteiger partial charge < -0.3 is 4.57 Å². The van der Waals surface area contributed by atoms with Crippen molar-refractivity contribution in [1.29, 1.82) is 0 Å². The Bertz CT molecular complexity index is 2410. The van der Waals surface area contributed by atoms with Crippen LogP contribution in [0.3, 0.4) is 0 Å². The minimum Gasteiger partial charge on any atom is -0.337 e. The van der Waals surface area contributed by atoms with Crippen LogP contribution in [0.2, 0.25) is 0 Å². The second kappa shape index (κ2) is 12.2. The molecule has 1 saturated heterocycles. The van der Waals surface area contributed by atoms with Gasteiger partial charge in [-0.15, -0.1) is 0 Å². The van der Waals surface area contributed by atoms with Crippen LogP contribution in [0, 0.1) is 17.8 Å². The molecule has 0 N–H and O–H groups in total. The Labute approximate surface area is 315 Å². The third-order valence-electron chi connectivity index (χ3n) is 14.3. The summed E-state index contributed by atoms with van der Waals surface area (Å²) in [6.45, 7) is 4.81. The lowest BCUT2D eigenvalue weighted by atomic mass is 9.76. The van der Waals surface area contributed by atoms with Gasteiger partial charge in [-0.25, -0.2) is 0 Å². The van der Waals surface area contributed by atoms with E-state index in [0.29, 0.717) is 41.9 Å². The molecule has 0 bridgehead atoms. The molecular weight excluding hydrogens is 641 g/mol. The number of fused-ring (bicyclic) bond motifs is 8. The number of allylic oxidation sites excluding steroid dienone is 10. The van der Waals surface area contributed by atoms with Gasteiger partial charge >= 0.3 is 0 Å². The molecule has 3 aromatic carbocycles. The van der Waals surface area contributed by atoms with E-state index in [0.717, 1.165) is 25.7 Å². The third kappa shape index (κ3) is 4.87.